The largest absolute Gasteiger partial charge is 0.385 e. The van der Waals surface area contributed by atoms with Gasteiger partial charge in [-0.15, -0.1) is 0 Å². The molecule has 1 aliphatic carbocycles. The van der Waals surface area contributed by atoms with Gasteiger partial charge in [-0.3, -0.25) is 0 Å². The predicted molar refractivity (Wildman–Crippen MR) is 75.7 cm³/mol. The molecule has 0 unspecified atom stereocenters. The highest BCUT2D eigenvalue weighted by molar-refractivity contribution is 5.22. The highest BCUT2D eigenvalue weighted by atomic mass is 16.5. The summed E-state index contributed by atoms with van der Waals surface area (Å²) in [6, 6.07) is 8.94. The summed E-state index contributed by atoms with van der Waals surface area (Å²) in [4.78, 5) is 0. The average molecular weight is 247 g/mol. The van der Waals surface area contributed by atoms with Crippen molar-refractivity contribution in [3.63, 3.8) is 0 Å². The number of rotatable bonds is 8. The maximum Gasteiger partial charge on any atom is 0.0468 e. The summed E-state index contributed by atoms with van der Waals surface area (Å²) in [6.45, 7) is 5.21. The highest BCUT2D eigenvalue weighted by Crippen LogP contribution is 2.48. The van der Waals surface area contributed by atoms with Crippen LogP contribution in [0.1, 0.15) is 37.3 Å². The van der Waals surface area contributed by atoms with Crippen molar-refractivity contribution in [3.05, 3.63) is 35.4 Å². The molecule has 2 rings (SSSR count). The van der Waals surface area contributed by atoms with Gasteiger partial charge in [-0.2, -0.15) is 0 Å². The lowest BCUT2D eigenvalue weighted by atomic mass is 10.0. The van der Waals surface area contributed by atoms with Crippen LogP contribution in [0.5, 0.6) is 0 Å². The summed E-state index contributed by atoms with van der Waals surface area (Å²) < 4.78 is 5.18. The van der Waals surface area contributed by atoms with Crippen LogP contribution in [-0.2, 0) is 17.7 Å². The fourth-order valence-corrected chi connectivity index (χ4v) is 2.38. The molecule has 18 heavy (non-hydrogen) atoms. The zero-order chi connectivity index (χ0) is 12.8. The van der Waals surface area contributed by atoms with E-state index < -0.39 is 0 Å². The van der Waals surface area contributed by atoms with Crippen molar-refractivity contribution in [2.45, 2.75) is 39.2 Å². The van der Waals surface area contributed by atoms with Gasteiger partial charge in [-0.1, -0.05) is 31.2 Å². The number of hydrogen-bond donors (Lipinski definition) is 1. The van der Waals surface area contributed by atoms with E-state index in [1.165, 1.54) is 30.4 Å². The summed E-state index contributed by atoms with van der Waals surface area (Å²) in [6.07, 6.45) is 5.04. The average Bonchev–Trinajstić information content (AvgIpc) is 3.18. The third-order valence-corrected chi connectivity index (χ3v) is 4.05. The molecule has 0 bridgehead atoms. The van der Waals surface area contributed by atoms with Crippen molar-refractivity contribution >= 4 is 0 Å². The van der Waals surface area contributed by atoms with E-state index in [1.807, 2.05) is 0 Å². The lowest BCUT2D eigenvalue weighted by Crippen LogP contribution is -2.24. The maximum absolute atomic E-state index is 5.18. The molecule has 2 nitrogen and oxygen atoms in total. The SMILES string of the molecule is CCc1ccc(CNCC2(CCOC)CC2)cc1. The second kappa shape index (κ2) is 6.35. The van der Waals surface area contributed by atoms with Crippen LogP contribution >= 0.6 is 0 Å². The molecule has 0 aromatic heterocycles. The van der Waals surface area contributed by atoms with E-state index in [1.54, 1.807) is 7.11 Å². The van der Waals surface area contributed by atoms with Gasteiger partial charge < -0.3 is 10.1 Å². The van der Waals surface area contributed by atoms with Crippen LogP contribution in [-0.4, -0.2) is 20.3 Å². The van der Waals surface area contributed by atoms with Crippen LogP contribution in [0.15, 0.2) is 24.3 Å². The van der Waals surface area contributed by atoms with Crippen molar-refractivity contribution in [1.82, 2.24) is 5.32 Å². The summed E-state index contributed by atoms with van der Waals surface area (Å²) in [5.74, 6) is 0. The van der Waals surface area contributed by atoms with Crippen LogP contribution in [0.4, 0.5) is 0 Å². The highest BCUT2D eigenvalue weighted by Gasteiger charge is 2.41. The van der Waals surface area contributed by atoms with Crippen molar-refractivity contribution in [3.8, 4) is 0 Å². The third-order valence-electron chi connectivity index (χ3n) is 4.05. The normalized spacial score (nSPS) is 16.8. The first kappa shape index (κ1) is 13.6. The van der Waals surface area contributed by atoms with Gasteiger partial charge in [0.1, 0.15) is 0 Å². The summed E-state index contributed by atoms with van der Waals surface area (Å²) in [7, 11) is 1.79. The fraction of sp³-hybridized carbons (Fsp3) is 0.625. The fourth-order valence-electron chi connectivity index (χ4n) is 2.38. The number of aryl methyl sites for hydroxylation is 1. The minimum Gasteiger partial charge on any atom is -0.385 e. The van der Waals surface area contributed by atoms with E-state index in [0.717, 1.165) is 26.1 Å². The molecule has 0 aliphatic heterocycles. The van der Waals surface area contributed by atoms with E-state index in [9.17, 15) is 0 Å². The van der Waals surface area contributed by atoms with Gasteiger partial charge in [0.15, 0.2) is 0 Å². The molecule has 0 spiro atoms. The van der Waals surface area contributed by atoms with Crippen LogP contribution < -0.4 is 5.32 Å². The second-order valence-electron chi connectivity index (χ2n) is 5.52. The van der Waals surface area contributed by atoms with E-state index in [0.29, 0.717) is 5.41 Å². The first-order chi connectivity index (χ1) is 8.78. The number of hydrogen-bond acceptors (Lipinski definition) is 2. The van der Waals surface area contributed by atoms with E-state index in [2.05, 4.69) is 36.5 Å². The Morgan fingerprint density at radius 1 is 1.17 bits per heavy atom. The van der Waals surface area contributed by atoms with Gasteiger partial charge in [-0.25, -0.2) is 0 Å². The molecule has 1 N–H and O–H groups in total. The van der Waals surface area contributed by atoms with Crippen molar-refractivity contribution in [1.29, 1.82) is 0 Å². The lowest BCUT2D eigenvalue weighted by molar-refractivity contribution is 0.171. The Bertz CT molecular complexity index is 354. The smallest absolute Gasteiger partial charge is 0.0468 e. The van der Waals surface area contributed by atoms with Gasteiger partial charge in [0.2, 0.25) is 0 Å². The molecule has 1 aromatic rings. The van der Waals surface area contributed by atoms with Crippen LogP contribution in [0.25, 0.3) is 0 Å². The summed E-state index contributed by atoms with van der Waals surface area (Å²) in [5.41, 5.74) is 3.34. The van der Waals surface area contributed by atoms with Crippen molar-refractivity contribution in [2.24, 2.45) is 5.41 Å². The summed E-state index contributed by atoms with van der Waals surface area (Å²) >= 11 is 0. The van der Waals surface area contributed by atoms with Crippen molar-refractivity contribution in [2.75, 3.05) is 20.3 Å². The Morgan fingerprint density at radius 2 is 1.83 bits per heavy atom. The minimum absolute atomic E-state index is 0.541. The standard InChI is InChI=1S/C16H25NO/c1-3-14-4-6-15(7-5-14)12-17-13-16(8-9-16)10-11-18-2/h4-7,17H,3,8-13H2,1-2H3. The number of ether oxygens (including phenoxy) is 1. The molecule has 0 saturated heterocycles. The van der Waals surface area contributed by atoms with E-state index in [4.69, 9.17) is 4.74 Å². The quantitative estimate of drug-likeness (QED) is 0.762. The van der Waals surface area contributed by atoms with Gasteiger partial charge in [0.05, 0.1) is 0 Å². The van der Waals surface area contributed by atoms with Crippen LogP contribution in [0, 0.1) is 5.41 Å². The Kier molecular flexibility index (Phi) is 4.79. The van der Waals surface area contributed by atoms with Gasteiger partial charge in [-0.05, 0) is 42.2 Å². The number of methoxy groups -OCH3 is 1. The Balaban J connectivity index is 1.71. The number of nitrogens with one attached hydrogen (secondary N) is 1. The first-order valence-corrected chi connectivity index (χ1v) is 7.05. The van der Waals surface area contributed by atoms with Crippen LogP contribution in [0.3, 0.4) is 0 Å². The topological polar surface area (TPSA) is 21.3 Å². The Labute approximate surface area is 111 Å². The Morgan fingerprint density at radius 3 is 2.39 bits per heavy atom. The molecule has 0 radical (unpaired) electrons. The molecule has 1 aliphatic rings. The zero-order valence-corrected chi connectivity index (χ0v) is 11.7. The van der Waals surface area contributed by atoms with E-state index >= 15 is 0 Å². The molecule has 0 amide bonds. The van der Waals surface area contributed by atoms with Crippen molar-refractivity contribution < 1.29 is 4.74 Å². The van der Waals surface area contributed by atoms with E-state index in [-0.39, 0.29) is 0 Å². The third kappa shape index (κ3) is 3.82. The molecular weight excluding hydrogens is 222 g/mol. The van der Waals surface area contributed by atoms with Gasteiger partial charge in [0.25, 0.3) is 0 Å². The minimum atomic E-state index is 0.541. The summed E-state index contributed by atoms with van der Waals surface area (Å²) in [5, 5.41) is 3.60. The molecule has 2 heteroatoms. The molecule has 0 atom stereocenters. The van der Waals surface area contributed by atoms with Gasteiger partial charge >= 0.3 is 0 Å². The lowest BCUT2D eigenvalue weighted by Gasteiger charge is -2.15. The molecule has 1 aromatic carbocycles. The molecule has 1 saturated carbocycles. The molecular formula is C16H25NO. The second-order valence-corrected chi connectivity index (χ2v) is 5.52. The zero-order valence-electron chi connectivity index (χ0n) is 11.7. The first-order valence-electron chi connectivity index (χ1n) is 7.05. The van der Waals surface area contributed by atoms with Gasteiger partial charge in [0, 0.05) is 26.8 Å². The molecule has 1 fully saturated rings. The number of benzene rings is 1. The van der Waals surface area contributed by atoms with Crippen LogP contribution in [0.2, 0.25) is 0 Å². The Hall–Kier alpha value is -0.860. The molecule has 100 valence electrons. The monoisotopic (exact) mass is 247 g/mol. The molecule has 0 heterocycles. The maximum atomic E-state index is 5.18. The predicted octanol–water partition coefficient (Wildman–Crippen LogP) is 3.16.